The van der Waals surface area contributed by atoms with Crippen molar-refractivity contribution in [1.82, 2.24) is 0 Å². The third kappa shape index (κ3) is 3.55. The SMILES string of the molecule is CCN(Cc1ccccc1Br)c1ccc(C(=O)O)cc1N. The van der Waals surface area contributed by atoms with E-state index in [1.54, 1.807) is 12.1 Å². The molecule has 21 heavy (non-hydrogen) atoms. The molecule has 0 saturated carbocycles. The Hall–Kier alpha value is -2.01. The van der Waals surface area contributed by atoms with Crippen LogP contribution in [0.4, 0.5) is 11.4 Å². The molecule has 0 unspecified atom stereocenters. The van der Waals surface area contributed by atoms with Crippen LogP contribution in [-0.4, -0.2) is 17.6 Å². The van der Waals surface area contributed by atoms with Crippen molar-refractivity contribution in [3.8, 4) is 0 Å². The summed E-state index contributed by atoms with van der Waals surface area (Å²) in [6.07, 6.45) is 0. The van der Waals surface area contributed by atoms with Gasteiger partial charge in [-0.05, 0) is 36.8 Å². The van der Waals surface area contributed by atoms with Gasteiger partial charge in [0.1, 0.15) is 0 Å². The minimum atomic E-state index is -0.970. The molecule has 2 rings (SSSR count). The zero-order valence-electron chi connectivity index (χ0n) is 11.7. The number of hydrogen-bond donors (Lipinski definition) is 2. The standard InChI is InChI=1S/C16H17BrN2O2/c1-2-19(10-12-5-3-4-6-13(12)17)15-8-7-11(16(20)21)9-14(15)18/h3-9H,2,10,18H2,1H3,(H,20,21). The molecule has 0 spiro atoms. The number of nitrogen functional groups attached to an aromatic ring is 1. The number of hydrogen-bond acceptors (Lipinski definition) is 3. The molecule has 3 N–H and O–H groups in total. The fourth-order valence-electron chi connectivity index (χ4n) is 2.18. The highest BCUT2D eigenvalue weighted by molar-refractivity contribution is 9.10. The number of benzene rings is 2. The normalized spacial score (nSPS) is 10.4. The highest BCUT2D eigenvalue weighted by Crippen LogP contribution is 2.27. The second-order valence-corrected chi connectivity index (χ2v) is 5.54. The van der Waals surface area contributed by atoms with E-state index in [4.69, 9.17) is 10.8 Å². The van der Waals surface area contributed by atoms with Crippen molar-refractivity contribution in [1.29, 1.82) is 0 Å². The molecule has 0 fully saturated rings. The van der Waals surface area contributed by atoms with E-state index in [0.29, 0.717) is 12.2 Å². The fraction of sp³-hybridized carbons (Fsp3) is 0.188. The summed E-state index contributed by atoms with van der Waals surface area (Å²) in [6, 6.07) is 12.9. The van der Waals surface area contributed by atoms with Gasteiger partial charge < -0.3 is 15.7 Å². The van der Waals surface area contributed by atoms with E-state index in [1.807, 2.05) is 25.1 Å². The van der Waals surface area contributed by atoms with Gasteiger partial charge in [0, 0.05) is 17.6 Å². The van der Waals surface area contributed by atoms with E-state index in [2.05, 4.69) is 26.9 Å². The number of carbonyl (C=O) groups is 1. The van der Waals surface area contributed by atoms with Gasteiger partial charge in [-0.25, -0.2) is 4.79 Å². The molecule has 4 nitrogen and oxygen atoms in total. The summed E-state index contributed by atoms with van der Waals surface area (Å²) in [6.45, 7) is 3.52. The predicted octanol–water partition coefficient (Wildman–Crippen LogP) is 3.76. The van der Waals surface area contributed by atoms with E-state index in [0.717, 1.165) is 22.3 Å². The molecule has 2 aromatic carbocycles. The lowest BCUT2D eigenvalue weighted by molar-refractivity contribution is 0.0697. The number of anilines is 2. The topological polar surface area (TPSA) is 66.6 Å². The van der Waals surface area contributed by atoms with Gasteiger partial charge in [-0.15, -0.1) is 0 Å². The van der Waals surface area contributed by atoms with Crippen LogP contribution in [0.5, 0.6) is 0 Å². The number of carboxylic acids is 1. The maximum absolute atomic E-state index is 11.0. The van der Waals surface area contributed by atoms with Gasteiger partial charge in [0.2, 0.25) is 0 Å². The summed E-state index contributed by atoms with van der Waals surface area (Å²) in [5, 5.41) is 8.99. The lowest BCUT2D eigenvalue weighted by Gasteiger charge is -2.25. The summed E-state index contributed by atoms with van der Waals surface area (Å²) in [7, 11) is 0. The van der Waals surface area contributed by atoms with Crippen molar-refractivity contribution in [2.45, 2.75) is 13.5 Å². The Labute approximate surface area is 132 Å². The van der Waals surface area contributed by atoms with E-state index >= 15 is 0 Å². The molecule has 0 saturated heterocycles. The molecular weight excluding hydrogens is 332 g/mol. The maximum Gasteiger partial charge on any atom is 0.335 e. The zero-order chi connectivity index (χ0) is 15.4. The quantitative estimate of drug-likeness (QED) is 0.807. The van der Waals surface area contributed by atoms with Gasteiger partial charge in [0.05, 0.1) is 16.9 Å². The average Bonchev–Trinajstić information content (AvgIpc) is 2.47. The molecule has 0 aliphatic rings. The maximum atomic E-state index is 11.0. The summed E-state index contributed by atoms with van der Waals surface area (Å²) < 4.78 is 1.05. The summed E-state index contributed by atoms with van der Waals surface area (Å²) >= 11 is 3.54. The van der Waals surface area contributed by atoms with Crippen molar-refractivity contribution >= 4 is 33.3 Å². The number of aromatic carboxylic acids is 1. The van der Waals surface area contributed by atoms with Gasteiger partial charge in [0.15, 0.2) is 0 Å². The van der Waals surface area contributed by atoms with Gasteiger partial charge in [-0.1, -0.05) is 34.1 Å². The van der Waals surface area contributed by atoms with Gasteiger partial charge in [-0.2, -0.15) is 0 Å². The second-order valence-electron chi connectivity index (χ2n) is 4.68. The van der Waals surface area contributed by atoms with Crippen molar-refractivity contribution < 1.29 is 9.90 Å². The van der Waals surface area contributed by atoms with Crippen LogP contribution in [0.15, 0.2) is 46.9 Å². The van der Waals surface area contributed by atoms with Gasteiger partial charge >= 0.3 is 5.97 Å². The zero-order valence-corrected chi connectivity index (χ0v) is 13.3. The number of rotatable bonds is 5. The highest BCUT2D eigenvalue weighted by atomic mass is 79.9. The molecule has 110 valence electrons. The van der Waals surface area contributed by atoms with Crippen molar-refractivity contribution in [2.24, 2.45) is 0 Å². The monoisotopic (exact) mass is 348 g/mol. The first-order valence-electron chi connectivity index (χ1n) is 6.64. The Kier molecular flexibility index (Phi) is 4.85. The number of carboxylic acid groups (broad SMARTS) is 1. The molecule has 0 atom stereocenters. The second kappa shape index (κ2) is 6.63. The predicted molar refractivity (Wildman–Crippen MR) is 88.7 cm³/mol. The lowest BCUT2D eigenvalue weighted by Crippen LogP contribution is -2.23. The van der Waals surface area contributed by atoms with Crippen LogP contribution in [0.3, 0.4) is 0 Å². The summed E-state index contributed by atoms with van der Waals surface area (Å²) in [4.78, 5) is 13.1. The summed E-state index contributed by atoms with van der Waals surface area (Å²) in [5.74, 6) is -0.970. The van der Waals surface area contributed by atoms with Crippen molar-refractivity contribution in [2.75, 3.05) is 17.2 Å². The third-order valence-corrected chi connectivity index (χ3v) is 4.09. The molecule has 0 aliphatic carbocycles. The Balaban J connectivity index is 2.30. The van der Waals surface area contributed by atoms with E-state index in [9.17, 15) is 4.79 Å². The summed E-state index contributed by atoms with van der Waals surface area (Å²) in [5.41, 5.74) is 8.69. The van der Waals surface area contributed by atoms with Crippen LogP contribution < -0.4 is 10.6 Å². The molecule has 0 bridgehead atoms. The van der Waals surface area contributed by atoms with Crippen LogP contribution in [0.2, 0.25) is 0 Å². The van der Waals surface area contributed by atoms with E-state index in [-0.39, 0.29) is 5.56 Å². The van der Waals surface area contributed by atoms with Crippen LogP contribution in [0.25, 0.3) is 0 Å². The third-order valence-electron chi connectivity index (χ3n) is 3.32. The van der Waals surface area contributed by atoms with Gasteiger partial charge in [0.25, 0.3) is 0 Å². The van der Waals surface area contributed by atoms with Gasteiger partial charge in [-0.3, -0.25) is 0 Å². The molecule has 0 radical (unpaired) electrons. The number of nitrogens with zero attached hydrogens (tertiary/aromatic N) is 1. The molecular formula is C16H17BrN2O2. The highest BCUT2D eigenvalue weighted by Gasteiger charge is 2.12. The average molecular weight is 349 g/mol. The fourth-order valence-corrected chi connectivity index (χ4v) is 2.59. The van der Waals surface area contributed by atoms with E-state index < -0.39 is 5.97 Å². The number of nitrogens with two attached hydrogens (primary N) is 1. The Bertz CT molecular complexity index is 658. The molecule has 0 aliphatic heterocycles. The van der Waals surface area contributed by atoms with Crippen LogP contribution in [-0.2, 0) is 6.54 Å². The Morgan fingerprint density at radius 1 is 1.29 bits per heavy atom. The van der Waals surface area contributed by atoms with Crippen LogP contribution in [0.1, 0.15) is 22.8 Å². The largest absolute Gasteiger partial charge is 0.478 e. The molecule has 0 amide bonds. The first kappa shape index (κ1) is 15.4. The van der Waals surface area contributed by atoms with Crippen molar-refractivity contribution in [3.63, 3.8) is 0 Å². The number of halogens is 1. The van der Waals surface area contributed by atoms with Crippen molar-refractivity contribution in [3.05, 3.63) is 58.1 Å². The Morgan fingerprint density at radius 3 is 2.57 bits per heavy atom. The first-order chi connectivity index (χ1) is 10.0. The lowest BCUT2D eigenvalue weighted by atomic mass is 10.1. The van der Waals surface area contributed by atoms with Crippen LogP contribution in [0, 0.1) is 0 Å². The van der Waals surface area contributed by atoms with E-state index in [1.165, 1.54) is 6.07 Å². The molecule has 0 heterocycles. The molecule has 5 heteroatoms. The minimum absolute atomic E-state index is 0.202. The minimum Gasteiger partial charge on any atom is -0.478 e. The first-order valence-corrected chi connectivity index (χ1v) is 7.43. The Morgan fingerprint density at radius 2 is 2.00 bits per heavy atom. The molecule has 2 aromatic rings. The smallest absolute Gasteiger partial charge is 0.335 e. The van der Waals surface area contributed by atoms with Crippen LogP contribution >= 0.6 is 15.9 Å². The molecule has 0 aromatic heterocycles.